The fourth-order valence-corrected chi connectivity index (χ4v) is 2.10. The predicted octanol–water partition coefficient (Wildman–Crippen LogP) is -0.277. The second-order valence-corrected chi connectivity index (χ2v) is 5.32. The van der Waals surface area contributed by atoms with Gasteiger partial charge < -0.3 is 20.7 Å². The third kappa shape index (κ3) is 4.80. The lowest BCUT2D eigenvalue weighted by atomic mass is 10.0. The first kappa shape index (κ1) is 15.9. The molecule has 1 saturated heterocycles. The van der Waals surface area contributed by atoms with Crippen LogP contribution in [0.4, 0.5) is 0 Å². The number of hydrogen-bond acceptors (Lipinski definition) is 4. The summed E-state index contributed by atoms with van der Waals surface area (Å²) < 4.78 is 4.89. The maximum Gasteiger partial charge on any atom is 0.241 e. The largest absolute Gasteiger partial charge is 0.383 e. The van der Waals surface area contributed by atoms with E-state index in [2.05, 4.69) is 5.32 Å². The lowest BCUT2D eigenvalue weighted by Crippen LogP contribution is -2.52. The Bertz CT molecular complexity index is 312. The molecule has 0 spiro atoms. The zero-order valence-electron chi connectivity index (χ0n) is 12.0. The van der Waals surface area contributed by atoms with Crippen molar-refractivity contribution in [1.82, 2.24) is 10.2 Å². The number of likely N-dealkylation sites (tertiary alicyclic amines) is 1. The van der Waals surface area contributed by atoms with E-state index >= 15 is 0 Å². The Morgan fingerprint density at radius 1 is 1.37 bits per heavy atom. The van der Waals surface area contributed by atoms with Crippen LogP contribution in [0.15, 0.2) is 0 Å². The molecular formula is C13H25N3O3. The smallest absolute Gasteiger partial charge is 0.241 e. The Balaban J connectivity index is 2.36. The minimum Gasteiger partial charge on any atom is -0.383 e. The van der Waals surface area contributed by atoms with E-state index in [-0.39, 0.29) is 30.4 Å². The SMILES string of the molecule is COCC(N)C(=O)N1CCC(NC(=O)C(C)C)CC1. The molecule has 1 aliphatic rings. The maximum atomic E-state index is 12.0. The fourth-order valence-electron chi connectivity index (χ4n) is 2.10. The molecule has 1 aliphatic heterocycles. The van der Waals surface area contributed by atoms with Gasteiger partial charge in [0.15, 0.2) is 0 Å². The van der Waals surface area contributed by atoms with Crippen LogP contribution < -0.4 is 11.1 Å². The van der Waals surface area contributed by atoms with Gasteiger partial charge in [0.05, 0.1) is 6.61 Å². The van der Waals surface area contributed by atoms with E-state index in [4.69, 9.17) is 10.5 Å². The van der Waals surface area contributed by atoms with Crippen LogP contribution in [0, 0.1) is 5.92 Å². The highest BCUT2D eigenvalue weighted by molar-refractivity contribution is 5.82. The molecule has 19 heavy (non-hydrogen) atoms. The molecule has 6 heteroatoms. The minimum absolute atomic E-state index is 0.00483. The summed E-state index contributed by atoms with van der Waals surface area (Å²) in [6, 6.07) is -0.426. The van der Waals surface area contributed by atoms with Gasteiger partial charge in [-0.25, -0.2) is 0 Å². The molecule has 6 nitrogen and oxygen atoms in total. The van der Waals surface area contributed by atoms with Gasteiger partial charge in [-0.1, -0.05) is 13.8 Å². The van der Waals surface area contributed by atoms with E-state index in [0.29, 0.717) is 13.1 Å². The number of hydrogen-bond donors (Lipinski definition) is 2. The van der Waals surface area contributed by atoms with E-state index < -0.39 is 6.04 Å². The van der Waals surface area contributed by atoms with Crippen molar-refractivity contribution in [3.05, 3.63) is 0 Å². The summed E-state index contributed by atoms with van der Waals surface area (Å²) in [6.07, 6.45) is 1.56. The third-order valence-corrected chi connectivity index (χ3v) is 3.34. The van der Waals surface area contributed by atoms with Crippen molar-refractivity contribution >= 4 is 11.8 Å². The molecule has 0 saturated carbocycles. The molecule has 0 aliphatic carbocycles. The molecular weight excluding hydrogens is 246 g/mol. The van der Waals surface area contributed by atoms with E-state index in [0.717, 1.165) is 12.8 Å². The van der Waals surface area contributed by atoms with Gasteiger partial charge in [-0.05, 0) is 12.8 Å². The van der Waals surface area contributed by atoms with Crippen molar-refractivity contribution in [3.63, 3.8) is 0 Å². The predicted molar refractivity (Wildman–Crippen MR) is 72.4 cm³/mol. The van der Waals surface area contributed by atoms with Crippen LogP contribution in [0.5, 0.6) is 0 Å². The van der Waals surface area contributed by atoms with E-state index in [1.165, 1.54) is 7.11 Å². The number of piperidine rings is 1. The summed E-state index contributed by atoms with van der Waals surface area (Å²) in [4.78, 5) is 25.3. The zero-order valence-corrected chi connectivity index (χ0v) is 12.0. The van der Waals surface area contributed by atoms with E-state index in [1.807, 2.05) is 13.8 Å². The lowest BCUT2D eigenvalue weighted by Gasteiger charge is -2.34. The van der Waals surface area contributed by atoms with Gasteiger partial charge in [-0.3, -0.25) is 9.59 Å². The summed E-state index contributed by atoms with van der Waals surface area (Å²) >= 11 is 0. The molecule has 0 aromatic heterocycles. The normalized spacial score (nSPS) is 18.5. The standard InChI is InChI=1S/C13H25N3O3/c1-9(2)12(17)15-10-4-6-16(7-5-10)13(18)11(14)8-19-3/h9-11H,4-8,14H2,1-3H3,(H,15,17). The summed E-state index contributed by atoms with van der Waals surface area (Å²) in [7, 11) is 1.53. The number of ether oxygens (including phenoxy) is 1. The summed E-state index contributed by atoms with van der Waals surface area (Å²) in [5.74, 6) is -0.00821. The molecule has 0 aromatic carbocycles. The monoisotopic (exact) mass is 271 g/mol. The zero-order chi connectivity index (χ0) is 14.4. The molecule has 0 radical (unpaired) electrons. The molecule has 0 aromatic rings. The van der Waals surface area contributed by atoms with Crippen molar-refractivity contribution < 1.29 is 14.3 Å². The van der Waals surface area contributed by atoms with Gasteiger partial charge in [-0.2, -0.15) is 0 Å². The van der Waals surface area contributed by atoms with Crippen molar-refractivity contribution in [1.29, 1.82) is 0 Å². The van der Waals surface area contributed by atoms with Gasteiger partial charge in [0.2, 0.25) is 11.8 Å². The van der Waals surface area contributed by atoms with Crippen molar-refractivity contribution in [2.24, 2.45) is 11.7 Å². The Morgan fingerprint density at radius 3 is 2.42 bits per heavy atom. The molecule has 110 valence electrons. The fraction of sp³-hybridized carbons (Fsp3) is 0.846. The molecule has 1 rings (SSSR count). The van der Waals surface area contributed by atoms with Crippen molar-refractivity contribution in [3.8, 4) is 0 Å². The van der Waals surface area contributed by atoms with Crippen LogP contribution in [0.2, 0.25) is 0 Å². The third-order valence-electron chi connectivity index (χ3n) is 3.34. The molecule has 3 N–H and O–H groups in total. The van der Waals surface area contributed by atoms with Crippen LogP contribution in [-0.4, -0.2) is 55.6 Å². The van der Waals surface area contributed by atoms with Crippen molar-refractivity contribution in [2.45, 2.75) is 38.8 Å². The maximum absolute atomic E-state index is 12.0. The summed E-state index contributed by atoms with van der Waals surface area (Å²) in [5.41, 5.74) is 5.73. The highest BCUT2D eigenvalue weighted by atomic mass is 16.5. The van der Waals surface area contributed by atoms with Gasteiger partial charge in [0.25, 0.3) is 0 Å². The number of nitrogens with two attached hydrogens (primary N) is 1. The summed E-state index contributed by atoms with van der Waals surface area (Å²) in [5, 5.41) is 3.00. The molecule has 2 amide bonds. The van der Waals surface area contributed by atoms with Gasteiger partial charge in [0.1, 0.15) is 6.04 Å². The second-order valence-electron chi connectivity index (χ2n) is 5.32. The number of methoxy groups -OCH3 is 1. The summed E-state index contributed by atoms with van der Waals surface area (Å²) in [6.45, 7) is 5.26. The first-order chi connectivity index (χ1) is 8.95. The number of nitrogens with one attached hydrogen (secondary N) is 1. The number of rotatable bonds is 5. The quantitative estimate of drug-likeness (QED) is 0.720. The Hall–Kier alpha value is -1.14. The first-order valence-corrected chi connectivity index (χ1v) is 6.79. The van der Waals surface area contributed by atoms with E-state index in [9.17, 15) is 9.59 Å². The number of carbonyl (C=O) groups excluding carboxylic acids is 2. The highest BCUT2D eigenvalue weighted by Crippen LogP contribution is 2.12. The lowest BCUT2D eigenvalue weighted by molar-refractivity contribution is -0.135. The average molecular weight is 271 g/mol. The Morgan fingerprint density at radius 2 is 1.95 bits per heavy atom. The topological polar surface area (TPSA) is 84.7 Å². The van der Waals surface area contributed by atoms with Crippen LogP contribution in [-0.2, 0) is 14.3 Å². The number of nitrogens with zero attached hydrogens (tertiary/aromatic N) is 1. The first-order valence-electron chi connectivity index (χ1n) is 6.79. The van der Waals surface area contributed by atoms with E-state index in [1.54, 1.807) is 4.90 Å². The van der Waals surface area contributed by atoms with Crippen molar-refractivity contribution in [2.75, 3.05) is 26.8 Å². The second kappa shape index (κ2) is 7.45. The van der Waals surface area contributed by atoms with Crippen LogP contribution in [0.1, 0.15) is 26.7 Å². The Labute approximate surface area is 114 Å². The van der Waals surface area contributed by atoms with Crippen LogP contribution in [0.3, 0.4) is 0 Å². The number of carbonyl (C=O) groups is 2. The minimum atomic E-state index is -0.591. The Kier molecular flexibility index (Phi) is 6.24. The highest BCUT2D eigenvalue weighted by Gasteiger charge is 2.27. The van der Waals surface area contributed by atoms with Crippen LogP contribution in [0.25, 0.3) is 0 Å². The van der Waals surface area contributed by atoms with Gasteiger partial charge in [0, 0.05) is 32.2 Å². The molecule has 0 bridgehead atoms. The molecule has 1 fully saturated rings. The van der Waals surface area contributed by atoms with Gasteiger partial charge in [-0.15, -0.1) is 0 Å². The molecule has 1 atom stereocenters. The average Bonchev–Trinajstić information content (AvgIpc) is 2.39. The molecule has 1 unspecified atom stereocenters. The molecule has 1 heterocycles. The van der Waals surface area contributed by atoms with Gasteiger partial charge >= 0.3 is 0 Å². The van der Waals surface area contributed by atoms with Crippen LogP contribution >= 0.6 is 0 Å². The number of amides is 2.